The Morgan fingerprint density at radius 1 is 0.352 bits per heavy atom. The Morgan fingerprint density at radius 2 is 0.759 bits per heavy atom. The Kier molecular flexibility index (Phi) is 9.74. The second kappa shape index (κ2) is 15.2. The minimum atomic E-state index is -0.141. The minimum absolute atomic E-state index is 0.141. The highest BCUT2D eigenvalue weighted by Gasteiger charge is 2.31. The number of hydrogen-bond donors (Lipinski definition) is 0. The van der Waals surface area contributed by atoms with Gasteiger partial charge in [0.1, 0.15) is 0 Å². The molecule has 0 radical (unpaired) electrons. The fourth-order valence-corrected chi connectivity index (χ4v) is 7.53. The molecule has 0 aliphatic heterocycles. The maximum absolute atomic E-state index is 5.12. The molecule has 0 atom stereocenters. The molecule has 0 aliphatic carbocycles. The molecule has 2 aromatic heterocycles. The van der Waals surface area contributed by atoms with Crippen molar-refractivity contribution in [2.24, 2.45) is 0 Å². The van der Waals surface area contributed by atoms with Crippen LogP contribution in [-0.4, -0.2) is 19.9 Å². The largest absolute Gasteiger partial charge is 0.233 e. The van der Waals surface area contributed by atoms with Crippen molar-refractivity contribution < 1.29 is 0 Å². The lowest BCUT2D eigenvalue weighted by Crippen LogP contribution is -2.26. The molecule has 8 rings (SSSR count). The number of aryl methyl sites for hydroxylation is 1. The van der Waals surface area contributed by atoms with E-state index < -0.39 is 0 Å². The molecule has 4 nitrogen and oxygen atoms in total. The number of aromatic nitrogens is 4. The van der Waals surface area contributed by atoms with E-state index in [9.17, 15) is 0 Å². The first-order valence-electron chi connectivity index (χ1n) is 18.8. The average molecular weight is 699 g/mol. The van der Waals surface area contributed by atoms with Crippen molar-refractivity contribution >= 4 is 0 Å². The van der Waals surface area contributed by atoms with Crippen LogP contribution in [0.25, 0.3) is 67.7 Å². The van der Waals surface area contributed by atoms with Gasteiger partial charge >= 0.3 is 0 Å². The molecule has 0 bridgehead atoms. The maximum atomic E-state index is 5.12. The summed E-state index contributed by atoms with van der Waals surface area (Å²) in [5, 5.41) is 0. The molecule has 8 aromatic rings. The Balaban J connectivity index is 1.13. The van der Waals surface area contributed by atoms with Crippen LogP contribution in [0.3, 0.4) is 0 Å². The third-order valence-electron chi connectivity index (χ3n) is 10.6. The van der Waals surface area contributed by atoms with E-state index >= 15 is 0 Å². The number of rotatable bonds is 10. The van der Waals surface area contributed by atoms with Gasteiger partial charge in [-0.3, -0.25) is 0 Å². The highest BCUT2D eigenvalue weighted by molar-refractivity contribution is 5.76. The molecule has 0 unspecified atom stereocenters. The summed E-state index contributed by atoms with van der Waals surface area (Å²) in [5.41, 5.74) is 13.7. The zero-order valence-corrected chi connectivity index (χ0v) is 30.9. The second-order valence-electron chi connectivity index (χ2n) is 13.8. The first kappa shape index (κ1) is 34.6. The predicted molar refractivity (Wildman–Crippen MR) is 223 cm³/mol. The number of hydrogen-bond acceptors (Lipinski definition) is 4. The summed E-state index contributed by atoms with van der Waals surface area (Å²) in [6.45, 7) is 6.61. The first-order chi connectivity index (χ1) is 26.5. The molecule has 0 amide bonds. The van der Waals surface area contributed by atoms with Gasteiger partial charge in [-0.1, -0.05) is 172 Å². The molecular weight excluding hydrogens is 657 g/mol. The molecule has 0 N–H and O–H groups in total. The van der Waals surface area contributed by atoms with Crippen LogP contribution in [-0.2, 0) is 5.41 Å². The van der Waals surface area contributed by atoms with Gasteiger partial charge in [-0.05, 0) is 60.2 Å². The summed E-state index contributed by atoms with van der Waals surface area (Å²) < 4.78 is 0. The normalized spacial score (nSPS) is 11.4. The van der Waals surface area contributed by atoms with E-state index in [1.54, 1.807) is 0 Å². The van der Waals surface area contributed by atoms with Crippen molar-refractivity contribution in [3.63, 3.8) is 0 Å². The summed E-state index contributed by atoms with van der Waals surface area (Å²) >= 11 is 0. The van der Waals surface area contributed by atoms with Crippen molar-refractivity contribution in [3.05, 3.63) is 193 Å². The molecule has 4 heteroatoms. The van der Waals surface area contributed by atoms with Gasteiger partial charge in [0.2, 0.25) is 0 Å². The van der Waals surface area contributed by atoms with E-state index in [0.717, 1.165) is 74.8 Å². The van der Waals surface area contributed by atoms with Crippen LogP contribution in [0.2, 0.25) is 0 Å². The number of nitrogens with zero attached hydrogens (tertiary/aromatic N) is 4. The van der Waals surface area contributed by atoms with Crippen LogP contribution in [0, 0.1) is 6.92 Å². The highest BCUT2D eigenvalue weighted by atomic mass is 14.9. The molecule has 0 fully saturated rings. The molecule has 6 aromatic carbocycles. The Labute approximate surface area is 318 Å². The lowest BCUT2D eigenvalue weighted by atomic mass is 9.70. The van der Waals surface area contributed by atoms with E-state index in [1.165, 1.54) is 16.7 Å². The first-order valence-corrected chi connectivity index (χ1v) is 18.8. The molecule has 54 heavy (non-hydrogen) atoms. The van der Waals surface area contributed by atoms with Gasteiger partial charge in [-0.25, -0.2) is 19.9 Å². The zero-order valence-electron chi connectivity index (χ0n) is 30.9. The minimum Gasteiger partial charge on any atom is -0.233 e. The van der Waals surface area contributed by atoms with Crippen LogP contribution in [0.1, 0.15) is 43.5 Å². The van der Waals surface area contributed by atoms with Crippen LogP contribution >= 0.6 is 0 Å². The van der Waals surface area contributed by atoms with Gasteiger partial charge in [0.05, 0.1) is 17.1 Å². The van der Waals surface area contributed by atoms with E-state index in [1.807, 2.05) is 49.4 Å². The van der Waals surface area contributed by atoms with Gasteiger partial charge in [-0.2, -0.15) is 0 Å². The summed E-state index contributed by atoms with van der Waals surface area (Å²) in [6.07, 6.45) is 1.95. The van der Waals surface area contributed by atoms with Gasteiger partial charge < -0.3 is 0 Å². The zero-order chi connectivity index (χ0) is 36.9. The third-order valence-corrected chi connectivity index (χ3v) is 10.6. The molecule has 0 saturated carbocycles. The van der Waals surface area contributed by atoms with Crippen molar-refractivity contribution in [2.45, 2.75) is 39.0 Å². The smallest absolute Gasteiger partial charge is 0.160 e. The van der Waals surface area contributed by atoms with E-state index in [2.05, 4.69) is 147 Å². The van der Waals surface area contributed by atoms with E-state index in [-0.39, 0.29) is 5.41 Å². The fourth-order valence-electron chi connectivity index (χ4n) is 7.53. The lowest BCUT2D eigenvalue weighted by molar-refractivity contribution is 0.478. The SMILES string of the molecule is CCC(CC)(c1ccc(-c2cc(C)nc(-c3ccccc3)n2)cc1)c1ccc(-c2cc(-c3cccc(-c4ccccc4)c3)nc(-c3ccccc3)n2)cc1. The summed E-state index contributed by atoms with van der Waals surface area (Å²) in [7, 11) is 0. The molecule has 262 valence electrons. The van der Waals surface area contributed by atoms with E-state index in [0.29, 0.717) is 5.82 Å². The third kappa shape index (κ3) is 6.99. The fraction of sp³-hybridized carbons (Fsp3) is 0.120. The second-order valence-corrected chi connectivity index (χ2v) is 13.8. The van der Waals surface area contributed by atoms with Crippen LogP contribution in [0.15, 0.2) is 176 Å². The van der Waals surface area contributed by atoms with Crippen LogP contribution in [0.4, 0.5) is 0 Å². The van der Waals surface area contributed by atoms with Gasteiger partial charge in [-0.15, -0.1) is 0 Å². The Bertz CT molecular complexity index is 2490. The van der Waals surface area contributed by atoms with E-state index in [4.69, 9.17) is 19.9 Å². The van der Waals surface area contributed by atoms with Crippen LogP contribution in [0.5, 0.6) is 0 Å². The highest BCUT2D eigenvalue weighted by Crippen LogP contribution is 2.40. The van der Waals surface area contributed by atoms with Crippen molar-refractivity contribution in [3.8, 4) is 67.7 Å². The number of benzene rings is 6. The topological polar surface area (TPSA) is 51.6 Å². The Hall–Kier alpha value is -6.52. The predicted octanol–water partition coefficient (Wildman–Crippen LogP) is 12.7. The lowest BCUT2D eigenvalue weighted by Gasteiger charge is -2.33. The van der Waals surface area contributed by atoms with Crippen LogP contribution < -0.4 is 0 Å². The van der Waals surface area contributed by atoms with Gasteiger partial charge in [0.25, 0.3) is 0 Å². The quantitative estimate of drug-likeness (QED) is 0.143. The molecule has 0 spiro atoms. The standard InChI is InChI=1S/C50H42N4/c1-4-50(5-2,43-28-24-37(25-29-43)45-32-35(3)51-48(52-45)39-18-11-7-12-19-39)44-30-26-38(27-31-44)46-34-47(54-49(53-46)40-20-13-8-14-21-40)42-23-15-22-41(33-42)36-16-9-6-10-17-36/h6-34H,4-5H2,1-3H3. The molecular formula is C50H42N4. The van der Waals surface area contributed by atoms with Gasteiger partial charge in [0, 0.05) is 38.9 Å². The van der Waals surface area contributed by atoms with Gasteiger partial charge in [0.15, 0.2) is 11.6 Å². The van der Waals surface area contributed by atoms with Crippen molar-refractivity contribution in [1.82, 2.24) is 19.9 Å². The summed E-state index contributed by atoms with van der Waals surface area (Å²) in [4.78, 5) is 19.9. The summed E-state index contributed by atoms with van der Waals surface area (Å²) in [6, 6.07) is 61.7. The Morgan fingerprint density at radius 3 is 1.26 bits per heavy atom. The molecule has 2 heterocycles. The summed E-state index contributed by atoms with van der Waals surface area (Å²) in [5.74, 6) is 1.46. The molecule has 0 aliphatic rings. The average Bonchev–Trinajstić information content (AvgIpc) is 3.25. The monoisotopic (exact) mass is 698 g/mol. The molecule has 0 saturated heterocycles. The van der Waals surface area contributed by atoms with Crippen molar-refractivity contribution in [1.29, 1.82) is 0 Å². The van der Waals surface area contributed by atoms with Crippen molar-refractivity contribution in [2.75, 3.05) is 0 Å². The maximum Gasteiger partial charge on any atom is 0.160 e.